The SMILES string of the molecule is CC1(C(=O)O)CCN(C(=O)c2cccc(N)c2)C1. The number of carboxylic acid groups (broad SMARTS) is 1. The molecule has 1 aliphatic heterocycles. The molecular formula is C13H16N2O3. The van der Waals surface area contributed by atoms with Crippen LogP contribution in [-0.4, -0.2) is 35.0 Å². The summed E-state index contributed by atoms with van der Waals surface area (Å²) >= 11 is 0. The Labute approximate surface area is 105 Å². The fourth-order valence-electron chi connectivity index (χ4n) is 2.16. The van der Waals surface area contributed by atoms with Crippen LogP contribution in [0.1, 0.15) is 23.7 Å². The number of benzene rings is 1. The number of nitrogens with two attached hydrogens (primary N) is 1. The minimum absolute atomic E-state index is 0.160. The molecule has 0 saturated carbocycles. The van der Waals surface area contributed by atoms with Gasteiger partial charge >= 0.3 is 5.97 Å². The molecule has 5 heteroatoms. The lowest BCUT2D eigenvalue weighted by atomic mass is 9.90. The summed E-state index contributed by atoms with van der Waals surface area (Å²) in [5, 5.41) is 9.13. The molecule has 1 atom stereocenters. The number of likely N-dealkylation sites (tertiary alicyclic amines) is 1. The molecule has 1 saturated heterocycles. The average Bonchev–Trinajstić information content (AvgIpc) is 2.72. The van der Waals surface area contributed by atoms with E-state index in [0.29, 0.717) is 24.2 Å². The van der Waals surface area contributed by atoms with Crippen LogP contribution in [0.4, 0.5) is 5.69 Å². The van der Waals surface area contributed by atoms with Gasteiger partial charge in [-0.2, -0.15) is 0 Å². The van der Waals surface area contributed by atoms with Crippen molar-refractivity contribution in [2.24, 2.45) is 5.41 Å². The number of hydrogen-bond acceptors (Lipinski definition) is 3. The Morgan fingerprint density at radius 2 is 2.17 bits per heavy atom. The number of anilines is 1. The van der Waals surface area contributed by atoms with Gasteiger partial charge in [-0.15, -0.1) is 0 Å². The predicted molar refractivity (Wildman–Crippen MR) is 67.1 cm³/mol. The number of amides is 1. The number of aliphatic carboxylic acids is 1. The third-order valence-corrected chi connectivity index (χ3v) is 3.41. The number of rotatable bonds is 2. The molecule has 0 bridgehead atoms. The molecular weight excluding hydrogens is 232 g/mol. The van der Waals surface area contributed by atoms with Crippen LogP contribution < -0.4 is 5.73 Å². The van der Waals surface area contributed by atoms with Crippen LogP contribution in [0.25, 0.3) is 0 Å². The molecule has 1 amide bonds. The highest BCUT2D eigenvalue weighted by molar-refractivity contribution is 5.95. The van der Waals surface area contributed by atoms with Crippen molar-refractivity contribution in [2.45, 2.75) is 13.3 Å². The first-order valence-corrected chi connectivity index (χ1v) is 5.81. The summed E-state index contributed by atoms with van der Waals surface area (Å²) in [6.45, 7) is 2.38. The molecule has 1 aliphatic rings. The molecule has 1 aromatic carbocycles. The van der Waals surface area contributed by atoms with Crippen LogP contribution in [0.3, 0.4) is 0 Å². The van der Waals surface area contributed by atoms with E-state index in [2.05, 4.69) is 0 Å². The van der Waals surface area contributed by atoms with Crippen molar-refractivity contribution in [2.75, 3.05) is 18.8 Å². The van der Waals surface area contributed by atoms with Gasteiger partial charge in [0, 0.05) is 24.3 Å². The zero-order valence-corrected chi connectivity index (χ0v) is 10.2. The highest BCUT2D eigenvalue weighted by atomic mass is 16.4. The minimum Gasteiger partial charge on any atom is -0.481 e. The van der Waals surface area contributed by atoms with E-state index in [9.17, 15) is 9.59 Å². The fraction of sp³-hybridized carbons (Fsp3) is 0.385. The second kappa shape index (κ2) is 4.33. The molecule has 0 aliphatic carbocycles. The quantitative estimate of drug-likeness (QED) is 0.770. The third-order valence-electron chi connectivity index (χ3n) is 3.41. The van der Waals surface area contributed by atoms with Crippen molar-refractivity contribution in [3.05, 3.63) is 29.8 Å². The van der Waals surface area contributed by atoms with E-state index in [1.165, 1.54) is 0 Å². The Hall–Kier alpha value is -2.04. The molecule has 0 radical (unpaired) electrons. The van der Waals surface area contributed by atoms with Crippen molar-refractivity contribution in [3.63, 3.8) is 0 Å². The van der Waals surface area contributed by atoms with Gasteiger partial charge in [-0.05, 0) is 31.5 Å². The van der Waals surface area contributed by atoms with Crippen LogP contribution in [0.2, 0.25) is 0 Å². The smallest absolute Gasteiger partial charge is 0.311 e. The van der Waals surface area contributed by atoms with Crippen molar-refractivity contribution >= 4 is 17.6 Å². The highest BCUT2D eigenvalue weighted by Crippen LogP contribution is 2.31. The van der Waals surface area contributed by atoms with Crippen molar-refractivity contribution < 1.29 is 14.7 Å². The maximum atomic E-state index is 12.2. The monoisotopic (exact) mass is 248 g/mol. The second-order valence-electron chi connectivity index (χ2n) is 4.97. The summed E-state index contributed by atoms with van der Waals surface area (Å²) in [5.74, 6) is -1.02. The molecule has 1 unspecified atom stereocenters. The molecule has 1 heterocycles. The number of carboxylic acids is 1. The molecule has 1 fully saturated rings. The molecule has 1 aromatic rings. The van der Waals surface area contributed by atoms with Crippen LogP contribution in [0.5, 0.6) is 0 Å². The van der Waals surface area contributed by atoms with Gasteiger partial charge in [0.1, 0.15) is 0 Å². The Bertz CT molecular complexity index is 501. The molecule has 5 nitrogen and oxygen atoms in total. The lowest BCUT2D eigenvalue weighted by Gasteiger charge is -2.20. The Morgan fingerprint density at radius 1 is 1.44 bits per heavy atom. The van der Waals surface area contributed by atoms with E-state index in [1.54, 1.807) is 36.1 Å². The standard InChI is InChI=1S/C13H16N2O3/c1-13(12(17)18)5-6-15(8-13)11(16)9-3-2-4-10(14)7-9/h2-4,7H,5-6,8,14H2,1H3,(H,17,18). The highest BCUT2D eigenvalue weighted by Gasteiger charge is 2.42. The van der Waals surface area contributed by atoms with E-state index in [4.69, 9.17) is 10.8 Å². The van der Waals surface area contributed by atoms with Crippen molar-refractivity contribution in [1.82, 2.24) is 4.90 Å². The maximum Gasteiger partial charge on any atom is 0.311 e. The largest absolute Gasteiger partial charge is 0.481 e. The van der Waals surface area contributed by atoms with Crippen LogP contribution >= 0.6 is 0 Å². The summed E-state index contributed by atoms with van der Waals surface area (Å²) in [5.41, 5.74) is 5.83. The first-order chi connectivity index (χ1) is 8.42. The Morgan fingerprint density at radius 3 is 2.72 bits per heavy atom. The van der Waals surface area contributed by atoms with Gasteiger partial charge in [0.15, 0.2) is 0 Å². The third kappa shape index (κ3) is 2.16. The van der Waals surface area contributed by atoms with Gasteiger partial charge in [0.25, 0.3) is 5.91 Å². The zero-order chi connectivity index (χ0) is 13.3. The van der Waals surface area contributed by atoms with Crippen LogP contribution in [0, 0.1) is 5.41 Å². The number of nitrogen functional groups attached to an aromatic ring is 1. The second-order valence-corrected chi connectivity index (χ2v) is 4.97. The van der Waals surface area contributed by atoms with Crippen molar-refractivity contribution in [1.29, 1.82) is 0 Å². The van der Waals surface area contributed by atoms with E-state index in [1.807, 2.05) is 0 Å². The first kappa shape index (κ1) is 12.4. The molecule has 0 spiro atoms. The van der Waals surface area contributed by atoms with Gasteiger partial charge < -0.3 is 15.7 Å². The van der Waals surface area contributed by atoms with Gasteiger partial charge in [-0.1, -0.05) is 6.07 Å². The normalized spacial score (nSPS) is 23.1. The number of carbonyl (C=O) groups excluding carboxylic acids is 1. The Balaban J connectivity index is 2.15. The summed E-state index contributed by atoms with van der Waals surface area (Å²) in [6.07, 6.45) is 0.483. The van der Waals surface area contributed by atoms with E-state index >= 15 is 0 Å². The summed E-state index contributed by atoms with van der Waals surface area (Å²) in [4.78, 5) is 24.9. The number of carbonyl (C=O) groups is 2. The van der Waals surface area contributed by atoms with E-state index < -0.39 is 11.4 Å². The van der Waals surface area contributed by atoms with Crippen LogP contribution in [-0.2, 0) is 4.79 Å². The molecule has 96 valence electrons. The molecule has 0 aromatic heterocycles. The first-order valence-electron chi connectivity index (χ1n) is 5.81. The van der Waals surface area contributed by atoms with Gasteiger partial charge in [0.2, 0.25) is 0 Å². The lowest BCUT2D eigenvalue weighted by molar-refractivity contribution is -0.147. The number of hydrogen-bond donors (Lipinski definition) is 2. The van der Waals surface area contributed by atoms with Gasteiger partial charge in [-0.3, -0.25) is 9.59 Å². The Kier molecular flexibility index (Phi) is 2.98. The van der Waals surface area contributed by atoms with Gasteiger partial charge in [-0.25, -0.2) is 0 Å². The summed E-state index contributed by atoms with van der Waals surface area (Å²) in [7, 11) is 0. The predicted octanol–water partition coefficient (Wildman–Crippen LogP) is 1.21. The van der Waals surface area contributed by atoms with E-state index in [0.717, 1.165) is 0 Å². The molecule has 2 rings (SSSR count). The average molecular weight is 248 g/mol. The number of nitrogens with zero attached hydrogens (tertiary/aromatic N) is 1. The van der Waals surface area contributed by atoms with Crippen LogP contribution in [0.15, 0.2) is 24.3 Å². The maximum absolute atomic E-state index is 12.2. The summed E-state index contributed by atoms with van der Waals surface area (Å²) < 4.78 is 0. The summed E-state index contributed by atoms with van der Waals surface area (Å²) in [6, 6.07) is 6.73. The molecule has 18 heavy (non-hydrogen) atoms. The topological polar surface area (TPSA) is 83.6 Å². The lowest BCUT2D eigenvalue weighted by Crippen LogP contribution is -2.34. The fourth-order valence-corrected chi connectivity index (χ4v) is 2.16. The minimum atomic E-state index is -0.856. The van der Waals surface area contributed by atoms with Crippen molar-refractivity contribution in [3.8, 4) is 0 Å². The van der Waals surface area contributed by atoms with E-state index in [-0.39, 0.29) is 12.5 Å². The zero-order valence-electron chi connectivity index (χ0n) is 10.2. The van der Waals surface area contributed by atoms with Gasteiger partial charge in [0.05, 0.1) is 5.41 Å². The molecule has 3 N–H and O–H groups in total.